The van der Waals surface area contributed by atoms with Crippen LogP contribution >= 0.6 is 15.9 Å². The molecule has 0 atom stereocenters. The van der Waals surface area contributed by atoms with Crippen LogP contribution in [0.5, 0.6) is 5.75 Å². The van der Waals surface area contributed by atoms with E-state index in [0.717, 1.165) is 5.69 Å². The number of aromatic nitrogens is 2. The molecule has 0 spiro atoms. The molecule has 0 bridgehead atoms. The molecular weight excluding hydrogens is 286 g/mol. The van der Waals surface area contributed by atoms with Gasteiger partial charge < -0.3 is 15.0 Å². The Hall–Kier alpha value is -1.82. The maximum Gasteiger partial charge on any atom is 0.267 e. The average molecular weight is 296 g/mol. The molecule has 1 heterocycles. The van der Waals surface area contributed by atoms with Gasteiger partial charge in [0.05, 0.1) is 19.1 Å². The smallest absolute Gasteiger partial charge is 0.267 e. The number of hydrogen-bond donors (Lipinski definition) is 2. The normalized spacial score (nSPS) is 10.0. The first kappa shape index (κ1) is 11.7. The Morgan fingerprint density at radius 1 is 1.41 bits per heavy atom. The second-order valence-corrected chi connectivity index (χ2v) is 4.01. The number of nitrogens with one attached hydrogen (secondary N) is 2. The van der Waals surface area contributed by atoms with Gasteiger partial charge in [0, 0.05) is 0 Å². The number of nitrogens with zero attached hydrogens (tertiary/aromatic N) is 1. The summed E-state index contributed by atoms with van der Waals surface area (Å²) in [6.45, 7) is 0. The lowest BCUT2D eigenvalue weighted by Crippen LogP contribution is -2.10. The third-order valence-corrected chi connectivity index (χ3v) is 2.89. The van der Waals surface area contributed by atoms with Crippen molar-refractivity contribution in [2.75, 3.05) is 12.4 Å². The third-order valence-electron chi connectivity index (χ3n) is 2.16. The van der Waals surface area contributed by atoms with Crippen molar-refractivity contribution in [2.24, 2.45) is 0 Å². The van der Waals surface area contributed by atoms with Gasteiger partial charge in [-0.2, -0.15) is 0 Å². The van der Waals surface area contributed by atoms with Crippen LogP contribution < -0.4 is 15.6 Å². The molecule has 0 aliphatic carbocycles. The largest absolute Gasteiger partial charge is 0.495 e. The lowest BCUT2D eigenvalue weighted by molar-refractivity contribution is 0.417. The molecule has 6 heteroatoms. The summed E-state index contributed by atoms with van der Waals surface area (Å²) in [5.74, 6) is 1.12. The number of hydrogen-bond acceptors (Lipinski definition) is 4. The number of para-hydroxylation sites is 2. The van der Waals surface area contributed by atoms with E-state index >= 15 is 0 Å². The Morgan fingerprint density at radius 3 is 2.94 bits per heavy atom. The minimum Gasteiger partial charge on any atom is -0.495 e. The first-order valence-electron chi connectivity index (χ1n) is 4.85. The number of ether oxygens (including phenoxy) is 1. The van der Waals surface area contributed by atoms with Crippen molar-refractivity contribution in [1.29, 1.82) is 0 Å². The maximum absolute atomic E-state index is 11.4. The molecule has 17 heavy (non-hydrogen) atoms. The van der Waals surface area contributed by atoms with Crippen LogP contribution in [-0.4, -0.2) is 17.1 Å². The predicted molar refractivity (Wildman–Crippen MR) is 68.8 cm³/mol. The molecule has 2 N–H and O–H groups in total. The number of H-pyrrole nitrogens is 1. The molecule has 5 nitrogen and oxygen atoms in total. The summed E-state index contributed by atoms with van der Waals surface area (Å²) in [4.78, 5) is 17.9. The van der Waals surface area contributed by atoms with Crippen molar-refractivity contribution >= 4 is 27.4 Å². The van der Waals surface area contributed by atoms with Gasteiger partial charge in [0.1, 0.15) is 10.2 Å². The molecule has 0 aliphatic rings. The zero-order valence-electron chi connectivity index (χ0n) is 9.03. The molecule has 1 aromatic carbocycles. The lowest BCUT2D eigenvalue weighted by Gasteiger charge is -2.10. The van der Waals surface area contributed by atoms with Crippen LogP contribution in [0, 0.1) is 0 Å². The van der Waals surface area contributed by atoms with Gasteiger partial charge in [0.25, 0.3) is 5.56 Å². The van der Waals surface area contributed by atoms with Gasteiger partial charge in [0.15, 0.2) is 5.82 Å². The fraction of sp³-hybridized carbons (Fsp3) is 0.0909. The van der Waals surface area contributed by atoms with Gasteiger partial charge >= 0.3 is 0 Å². The predicted octanol–water partition coefficient (Wildman–Crippen LogP) is 2.28. The van der Waals surface area contributed by atoms with E-state index in [9.17, 15) is 4.79 Å². The Morgan fingerprint density at radius 2 is 2.18 bits per heavy atom. The highest BCUT2D eigenvalue weighted by atomic mass is 79.9. The second kappa shape index (κ2) is 5.01. The lowest BCUT2D eigenvalue weighted by atomic mass is 10.3. The van der Waals surface area contributed by atoms with E-state index in [1.807, 2.05) is 24.3 Å². The van der Waals surface area contributed by atoms with Gasteiger partial charge in [-0.3, -0.25) is 4.79 Å². The van der Waals surface area contributed by atoms with Crippen molar-refractivity contribution in [3.63, 3.8) is 0 Å². The Kier molecular flexibility index (Phi) is 3.43. The van der Waals surface area contributed by atoms with E-state index in [0.29, 0.717) is 16.0 Å². The molecule has 0 fully saturated rings. The molecule has 2 aromatic rings. The molecule has 0 aliphatic heterocycles. The zero-order chi connectivity index (χ0) is 12.3. The van der Waals surface area contributed by atoms with E-state index in [1.54, 1.807) is 7.11 Å². The average Bonchev–Trinajstić information content (AvgIpc) is 2.35. The standard InChI is InChI=1S/C11H10BrN3O2/c1-17-8-5-3-2-4-7(8)15-10-9(12)11(16)14-6-13-10/h2-6H,1H3,(H2,13,14,15,16). The van der Waals surface area contributed by atoms with Crippen LogP contribution in [0.2, 0.25) is 0 Å². The van der Waals surface area contributed by atoms with Gasteiger partial charge in [-0.1, -0.05) is 12.1 Å². The SMILES string of the molecule is COc1ccccc1Nc1nc[nH]c(=O)c1Br. The molecule has 88 valence electrons. The fourth-order valence-corrected chi connectivity index (χ4v) is 1.66. The van der Waals surface area contributed by atoms with E-state index in [-0.39, 0.29) is 5.56 Å². The van der Waals surface area contributed by atoms with Gasteiger partial charge in [-0.25, -0.2) is 4.98 Å². The van der Waals surface area contributed by atoms with Crippen molar-refractivity contribution in [3.05, 3.63) is 45.4 Å². The van der Waals surface area contributed by atoms with Crippen LogP contribution in [0.15, 0.2) is 39.9 Å². The van der Waals surface area contributed by atoms with Crippen molar-refractivity contribution in [1.82, 2.24) is 9.97 Å². The number of anilines is 2. The van der Waals surface area contributed by atoms with Gasteiger partial charge in [-0.15, -0.1) is 0 Å². The number of methoxy groups -OCH3 is 1. The van der Waals surface area contributed by atoms with E-state index in [4.69, 9.17) is 4.74 Å². The monoisotopic (exact) mass is 295 g/mol. The van der Waals surface area contributed by atoms with Gasteiger partial charge in [-0.05, 0) is 28.1 Å². The number of aromatic amines is 1. The van der Waals surface area contributed by atoms with Crippen molar-refractivity contribution < 1.29 is 4.74 Å². The molecule has 0 amide bonds. The molecular formula is C11H10BrN3O2. The first-order valence-corrected chi connectivity index (χ1v) is 5.65. The molecule has 1 aromatic heterocycles. The van der Waals surface area contributed by atoms with Crippen LogP contribution in [0.1, 0.15) is 0 Å². The van der Waals surface area contributed by atoms with E-state index in [1.165, 1.54) is 6.33 Å². The first-order chi connectivity index (χ1) is 8.22. The highest BCUT2D eigenvalue weighted by molar-refractivity contribution is 9.10. The minimum atomic E-state index is -0.239. The Balaban J connectivity index is 2.38. The summed E-state index contributed by atoms with van der Waals surface area (Å²) in [5, 5.41) is 3.03. The van der Waals surface area contributed by atoms with Gasteiger partial charge in [0.2, 0.25) is 0 Å². The molecule has 0 saturated carbocycles. The van der Waals surface area contributed by atoms with Crippen molar-refractivity contribution in [2.45, 2.75) is 0 Å². The molecule has 0 unspecified atom stereocenters. The van der Waals surface area contributed by atoms with Crippen molar-refractivity contribution in [3.8, 4) is 5.75 Å². The summed E-state index contributed by atoms with van der Waals surface area (Å²) in [6, 6.07) is 7.40. The molecule has 2 rings (SSSR count). The summed E-state index contributed by atoms with van der Waals surface area (Å²) in [6.07, 6.45) is 1.34. The van der Waals surface area contributed by atoms with Crippen LogP contribution in [-0.2, 0) is 0 Å². The number of halogens is 1. The third kappa shape index (κ3) is 2.47. The van der Waals surface area contributed by atoms with Crippen LogP contribution in [0.3, 0.4) is 0 Å². The van der Waals surface area contributed by atoms with Crippen LogP contribution in [0.4, 0.5) is 11.5 Å². The summed E-state index contributed by atoms with van der Waals surface area (Å²) < 4.78 is 5.55. The zero-order valence-corrected chi connectivity index (χ0v) is 10.6. The summed E-state index contributed by atoms with van der Waals surface area (Å²) in [5.41, 5.74) is 0.506. The number of benzene rings is 1. The van der Waals surface area contributed by atoms with Crippen LogP contribution in [0.25, 0.3) is 0 Å². The molecule has 0 saturated heterocycles. The minimum absolute atomic E-state index is 0.239. The summed E-state index contributed by atoms with van der Waals surface area (Å²) in [7, 11) is 1.58. The molecule has 0 radical (unpaired) electrons. The maximum atomic E-state index is 11.4. The number of rotatable bonds is 3. The summed E-state index contributed by atoms with van der Waals surface area (Å²) >= 11 is 3.17. The Bertz CT molecular complexity index is 583. The topological polar surface area (TPSA) is 67.0 Å². The fourth-order valence-electron chi connectivity index (χ4n) is 1.35. The quantitative estimate of drug-likeness (QED) is 0.912. The van der Waals surface area contributed by atoms with E-state index < -0.39 is 0 Å². The second-order valence-electron chi connectivity index (χ2n) is 3.22. The Labute approximate surface area is 106 Å². The van der Waals surface area contributed by atoms with E-state index in [2.05, 4.69) is 31.2 Å². The highest BCUT2D eigenvalue weighted by Crippen LogP contribution is 2.27. The highest BCUT2D eigenvalue weighted by Gasteiger charge is 2.07.